The molecule has 0 atom stereocenters. The van der Waals surface area contributed by atoms with Gasteiger partial charge in [-0.2, -0.15) is 5.26 Å². The van der Waals surface area contributed by atoms with Crippen molar-refractivity contribution in [2.45, 2.75) is 6.42 Å². The molecule has 0 aromatic heterocycles. The van der Waals surface area contributed by atoms with Gasteiger partial charge < -0.3 is 5.32 Å². The van der Waals surface area contributed by atoms with Crippen molar-refractivity contribution in [3.63, 3.8) is 0 Å². The van der Waals surface area contributed by atoms with Gasteiger partial charge >= 0.3 is 0 Å². The number of carbonyl (C=O) groups excluding carboxylic acids is 1. The van der Waals surface area contributed by atoms with Crippen molar-refractivity contribution in [1.29, 1.82) is 5.26 Å². The number of nitriles is 1. The van der Waals surface area contributed by atoms with Crippen LogP contribution in [0.5, 0.6) is 0 Å². The summed E-state index contributed by atoms with van der Waals surface area (Å²) in [6.45, 7) is 5.20. The number of hydrogen-bond acceptors (Lipinski definition) is 2. The van der Waals surface area contributed by atoms with E-state index in [2.05, 4.69) is 5.32 Å². The molecule has 0 saturated carbocycles. The number of amides is 1. The Bertz CT molecular complexity index is 146. The summed E-state index contributed by atoms with van der Waals surface area (Å²) in [5.41, 5.74) is 0. The minimum Gasteiger partial charge on any atom is -0.352 e. The summed E-state index contributed by atoms with van der Waals surface area (Å²) in [5, 5.41) is 10.4. The van der Waals surface area contributed by atoms with E-state index >= 15 is 0 Å². The van der Waals surface area contributed by atoms with Crippen LogP contribution in [0.3, 0.4) is 0 Å². The molecule has 1 amide bonds. The molecule has 0 bridgehead atoms. The van der Waals surface area contributed by atoms with E-state index < -0.39 is 0 Å². The highest BCUT2D eigenvalue weighted by atomic mass is 16.1. The lowest BCUT2D eigenvalue weighted by Crippen LogP contribution is -2.21. The molecule has 0 rings (SSSR count). The molecule has 0 fully saturated rings. The van der Waals surface area contributed by atoms with Gasteiger partial charge in [0.25, 0.3) is 0 Å². The Hall–Kier alpha value is -1.30. The fourth-order valence-electron chi connectivity index (χ4n) is 0.301. The van der Waals surface area contributed by atoms with Gasteiger partial charge in [0.1, 0.15) is 0 Å². The maximum atomic E-state index is 10.3. The molecule has 0 aliphatic heterocycles. The molecule has 3 heteroatoms. The molecule has 0 saturated heterocycles. The normalized spacial score (nSPS) is 7.44. The van der Waals surface area contributed by atoms with Gasteiger partial charge in [-0.3, -0.25) is 4.79 Å². The molecule has 0 unspecified atom stereocenters. The van der Waals surface area contributed by atoms with E-state index in [0.29, 0.717) is 13.0 Å². The molecule has 0 aromatic rings. The second kappa shape index (κ2) is 4.85. The quantitative estimate of drug-likeness (QED) is 0.424. The average Bonchev–Trinajstić information content (AvgIpc) is 1.89. The zero-order valence-electron chi connectivity index (χ0n) is 4.92. The molecule has 0 aromatic carbocycles. The summed E-state index contributed by atoms with van der Waals surface area (Å²) in [6.07, 6.45) is 1.25. The number of hydrogen-bond donors (Lipinski definition) is 1. The lowest BCUT2D eigenvalue weighted by Gasteiger charge is -1.93. The molecular weight excluding hydrogens is 116 g/mol. The number of carbonyl (C=O) groups is 1. The third-order valence-corrected chi connectivity index (χ3v) is 0.687. The van der Waals surface area contributed by atoms with Crippen LogP contribution in [0, 0.1) is 17.9 Å². The molecule has 3 nitrogen and oxygen atoms in total. The van der Waals surface area contributed by atoms with E-state index in [4.69, 9.17) is 11.8 Å². The van der Waals surface area contributed by atoms with Crippen LogP contribution in [0.25, 0.3) is 0 Å². The molecule has 9 heavy (non-hydrogen) atoms. The van der Waals surface area contributed by atoms with Gasteiger partial charge in [-0.1, -0.05) is 6.58 Å². The Balaban J connectivity index is 3.19. The van der Waals surface area contributed by atoms with Crippen molar-refractivity contribution in [3.05, 3.63) is 12.7 Å². The van der Waals surface area contributed by atoms with Crippen molar-refractivity contribution < 1.29 is 4.79 Å². The predicted molar refractivity (Wildman–Crippen MR) is 32.1 cm³/mol. The van der Waals surface area contributed by atoms with Crippen LogP contribution in [-0.2, 0) is 4.79 Å². The highest BCUT2D eigenvalue weighted by Gasteiger charge is 1.89. The topological polar surface area (TPSA) is 52.9 Å². The van der Waals surface area contributed by atoms with E-state index in [0.717, 1.165) is 6.08 Å². The van der Waals surface area contributed by atoms with Crippen LogP contribution in [0.1, 0.15) is 6.42 Å². The minimum atomic E-state index is -0.342. The summed E-state index contributed by atoms with van der Waals surface area (Å²) in [7, 11) is 0. The highest BCUT2D eigenvalue weighted by molar-refractivity contribution is 5.86. The first-order chi connectivity index (χ1) is 4.31. The van der Waals surface area contributed by atoms with Gasteiger partial charge in [0, 0.05) is 12.6 Å². The van der Waals surface area contributed by atoms with E-state index in [1.54, 1.807) is 0 Å². The number of rotatable bonds is 3. The number of nitrogens with one attached hydrogen (secondary N) is 1. The van der Waals surface area contributed by atoms with E-state index in [-0.39, 0.29) is 5.91 Å². The van der Waals surface area contributed by atoms with E-state index in [1.807, 2.05) is 6.07 Å². The monoisotopic (exact) mass is 123 g/mol. The Morgan fingerprint density at radius 1 is 1.89 bits per heavy atom. The van der Waals surface area contributed by atoms with Crippen LogP contribution in [-0.4, -0.2) is 12.5 Å². The summed E-state index contributed by atoms with van der Waals surface area (Å²) in [6, 6.07) is 1.88. The summed E-state index contributed by atoms with van der Waals surface area (Å²) < 4.78 is 0. The number of nitrogens with zero attached hydrogens (tertiary/aromatic N) is 1. The van der Waals surface area contributed by atoms with Gasteiger partial charge in [-0.25, -0.2) is 0 Å². The SMILES string of the molecule is [CH]=CC(=O)NCCC#N. The first-order valence-corrected chi connectivity index (χ1v) is 2.51. The second-order valence-electron chi connectivity index (χ2n) is 1.37. The van der Waals surface area contributed by atoms with Crippen LogP contribution >= 0.6 is 0 Å². The summed E-state index contributed by atoms with van der Waals surface area (Å²) in [4.78, 5) is 10.3. The van der Waals surface area contributed by atoms with E-state index in [1.165, 1.54) is 0 Å². The first-order valence-electron chi connectivity index (χ1n) is 2.51. The smallest absolute Gasteiger partial charge is 0.244 e. The molecule has 0 spiro atoms. The molecule has 0 aliphatic rings. The second-order valence-corrected chi connectivity index (χ2v) is 1.37. The van der Waals surface area contributed by atoms with Crippen LogP contribution in [0.4, 0.5) is 0 Å². The average molecular weight is 123 g/mol. The fourth-order valence-corrected chi connectivity index (χ4v) is 0.301. The Morgan fingerprint density at radius 3 is 3.00 bits per heavy atom. The van der Waals surface area contributed by atoms with Crippen LogP contribution < -0.4 is 5.32 Å². The fraction of sp³-hybridized carbons (Fsp3) is 0.333. The lowest BCUT2D eigenvalue weighted by molar-refractivity contribution is -0.116. The Labute approximate surface area is 54.0 Å². The molecule has 0 aliphatic carbocycles. The van der Waals surface area contributed by atoms with Crippen LogP contribution in [0.2, 0.25) is 0 Å². The molecule has 47 valence electrons. The predicted octanol–water partition coefficient (Wildman–Crippen LogP) is 0.00547. The Kier molecular flexibility index (Phi) is 4.15. The standard InChI is InChI=1S/C6H7N2O/c1-2-6(9)8-5-3-4-7/h1-2H,3,5H2,(H,8,9). The van der Waals surface area contributed by atoms with Gasteiger partial charge in [-0.05, 0) is 0 Å². The van der Waals surface area contributed by atoms with Crippen molar-refractivity contribution in [2.75, 3.05) is 6.54 Å². The van der Waals surface area contributed by atoms with Gasteiger partial charge in [0.05, 0.1) is 12.5 Å². The minimum absolute atomic E-state index is 0.319. The van der Waals surface area contributed by atoms with Gasteiger partial charge in [-0.15, -0.1) is 0 Å². The molecule has 1 N–H and O–H groups in total. The summed E-state index contributed by atoms with van der Waals surface area (Å²) in [5.74, 6) is -0.342. The highest BCUT2D eigenvalue weighted by Crippen LogP contribution is 1.70. The van der Waals surface area contributed by atoms with E-state index in [9.17, 15) is 4.79 Å². The van der Waals surface area contributed by atoms with Gasteiger partial charge in [0.15, 0.2) is 0 Å². The maximum absolute atomic E-state index is 10.3. The maximum Gasteiger partial charge on any atom is 0.244 e. The van der Waals surface area contributed by atoms with Crippen LogP contribution in [0.15, 0.2) is 6.08 Å². The van der Waals surface area contributed by atoms with Gasteiger partial charge in [0.2, 0.25) is 5.91 Å². The molecule has 0 heterocycles. The van der Waals surface area contributed by atoms with Crippen molar-refractivity contribution >= 4 is 5.91 Å². The third-order valence-electron chi connectivity index (χ3n) is 0.687. The van der Waals surface area contributed by atoms with Crippen molar-refractivity contribution in [1.82, 2.24) is 5.32 Å². The largest absolute Gasteiger partial charge is 0.352 e. The van der Waals surface area contributed by atoms with Crippen molar-refractivity contribution in [3.8, 4) is 6.07 Å². The zero-order chi connectivity index (χ0) is 7.11. The molecule has 1 radical (unpaired) electrons. The third kappa shape index (κ3) is 4.56. The Morgan fingerprint density at radius 2 is 2.56 bits per heavy atom. The van der Waals surface area contributed by atoms with Crippen molar-refractivity contribution in [2.24, 2.45) is 0 Å². The molecular formula is C6H7N2O. The lowest BCUT2D eigenvalue weighted by atomic mass is 10.4. The summed E-state index contributed by atoms with van der Waals surface area (Å²) >= 11 is 0. The first kappa shape index (κ1) is 7.70. The zero-order valence-corrected chi connectivity index (χ0v) is 4.92.